The predicted molar refractivity (Wildman–Crippen MR) is 104 cm³/mol. The van der Waals surface area contributed by atoms with E-state index in [-0.39, 0.29) is 11.4 Å². The van der Waals surface area contributed by atoms with Crippen molar-refractivity contribution < 1.29 is 9.21 Å². The van der Waals surface area contributed by atoms with Gasteiger partial charge in [0.1, 0.15) is 0 Å². The van der Waals surface area contributed by atoms with Crippen molar-refractivity contribution in [3.8, 4) is 11.5 Å². The zero-order valence-corrected chi connectivity index (χ0v) is 16.4. The SMILES string of the molecule is Cc1cccc(-c2nnc(SCC(=O)NC34CC5CC(CC(C5)C3)C4)o2)c1. The highest BCUT2D eigenvalue weighted by Gasteiger charge is 2.51. The molecular formula is C21H25N3O2S. The second kappa shape index (κ2) is 6.66. The molecule has 4 aliphatic rings. The number of hydrogen-bond donors (Lipinski definition) is 1. The molecule has 6 heteroatoms. The molecule has 27 heavy (non-hydrogen) atoms. The van der Waals surface area contributed by atoms with Crippen molar-refractivity contribution in [1.29, 1.82) is 0 Å². The summed E-state index contributed by atoms with van der Waals surface area (Å²) in [5.74, 6) is 3.42. The third-order valence-corrected chi connectivity index (χ3v) is 7.26. The summed E-state index contributed by atoms with van der Waals surface area (Å²) in [4.78, 5) is 12.6. The van der Waals surface area contributed by atoms with Gasteiger partial charge in [-0.1, -0.05) is 29.5 Å². The zero-order chi connectivity index (χ0) is 18.4. The number of aromatic nitrogens is 2. The van der Waals surface area contributed by atoms with Crippen molar-refractivity contribution >= 4 is 17.7 Å². The van der Waals surface area contributed by atoms with Crippen molar-refractivity contribution in [3.63, 3.8) is 0 Å². The molecule has 1 aromatic heterocycles. The average Bonchev–Trinajstić information content (AvgIpc) is 3.07. The summed E-state index contributed by atoms with van der Waals surface area (Å²) in [5, 5.41) is 12.0. The molecule has 4 aliphatic carbocycles. The van der Waals surface area contributed by atoms with Gasteiger partial charge < -0.3 is 9.73 Å². The van der Waals surface area contributed by atoms with Crippen LogP contribution in [0.2, 0.25) is 0 Å². The Morgan fingerprint density at radius 2 is 1.89 bits per heavy atom. The van der Waals surface area contributed by atoms with E-state index in [4.69, 9.17) is 4.42 Å². The van der Waals surface area contributed by atoms with E-state index >= 15 is 0 Å². The molecule has 1 aromatic carbocycles. The van der Waals surface area contributed by atoms with Crippen LogP contribution in [0.1, 0.15) is 44.1 Å². The molecule has 0 radical (unpaired) electrons. The number of aryl methyl sites for hydroxylation is 1. The Labute approximate surface area is 163 Å². The van der Waals surface area contributed by atoms with Crippen LogP contribution in [0, 0.1) is 24.7 Å². The van der Waals surface area contributed by atoms with Gasteiger partial charge in [0.2, 0.25) is 11.8 Å². The minimum absolute atomic E-state index is 0.0635. The van der Waals surface area contributed by atoms with Gasteiger partial charge in [0.15, 0.2) is 0 Å². The van der Waals surface area contributed by atoms with E-state index in [1.807, 2.05) is 31.2 Å². The summed E-state index contributed by atoms with van der Waals surface area (Å²) in [6, 6.07) is 7.97. The quantitative estimate of drug-likeness (QED) is 0.783. The van der Waals surface area contributed by atoms with Crippen LogP contribution in [0.25, 0.3) is 11.5 Å². The first-order chi connectivity index (χ1) is 13.1. The lowest BCUT2D eigenvalue weighted by molar-refractivity contribution is -0.124. The second-order valence-corrected chi connectivity index (χ2v) is 9.70. The summed E-state index contributed by atoms with van der Waals surface area (Å²) in [5.41, 5.74) is 2.12. The van der Waals surface area contributed by atoms with Gasteiger partial charge in [0.05, 0.1) is 5.75 Å². The van der Waals surface area contributed by atoms with Gasteiger partial charge in [-0.15, -0.1) is 10.2 Å². The molecule has 142 valence electrons. The summed E-state index contributed by atoms with van der Waals surface area (Å²) >= 11 is 1.32. The number of nitrogens with zero attached hydrogens (tertiary/aromatic N) is 2. The number of carbonyl (C=O) groups is 1. The van der Waals surface area contributed by atoms with Gasteiger partial charge in [0.25, 0.3) is 5.22 Å². The normalized spacial score (nSPS) is 31.2. The van der Waals surface area contributed by atoms with Crippen LogP contribution in [0.15, 0.2) is 33.9 Å². The van der Waals surface area contributed by atoms with E-state index in [9.17, 15) is 4.79 Å². The Hall–Kier alpha value is -1.82. The first kappa shape index (κ1) is 17.3. The highest BCUT2D eigenvalue weighted by molar-refractivity contribution is 7.99. The number of nitrogens with one attached hydrogen (secondary N) is 1. The van der Waals surface area contributed by atoms with Gasteiger partial charge in [-0.25, -0.2) is 0 Å². The van der Waals surface area contributed by atoms with Crippen LogP contribution < -0.4 is 5.32 Å². The van der Waals surface area contributed by atoms with Crippen molar-refractivity contribution in [3.05, 3.63) is 29.8 Å². The van der Waals surface area contributed by atoms with Crippen molar-refractivity contribution in [2.45, 2.75) is 56.2 Å². The monoisotopic (exact) mass is 383 g/mol. The Morgan fingerprint density at radius 1 is 1.19 bits per heavy atom. The Bertz CT molecular complexity index is 827. The Balaban J connectivity index is 1.19. The number of carbonyl (C=O) groups excluding carboxylic acids is 1. The number of benzene rings is 1. The van der Waals surface area contributed by atoms with Crippen LogP contribution >= 0.6 is 11.8 Å². The van der Waals surface area contributed by atoms with E-state index in [0.29, 0.717) is 16.9 Å². The summed E-state index contributed by atoms with van der Waals surface area (Å²) in [7, 11) is 0. The first-order valence-electron chi connectivity index (χ1n) is 9.91. The minimum atomic E-state index is 0.0635. The maximum Gasteiger partial charge on any atom is 0.277 e. The number of amides is 1. The molecule has 0 atom stereocenters. The molecule has 0 aliphatic heterocycles. The summed E-state index contributed by atoms with van der Waals surface area (Å²) in [6.07, 6.45) is 7.67. The molecule has 0 unspecified atom stereocenters. The molecule has 5 nitrogen and oxygen atoms in total. The second-order valence-electron chi connectivity index (χ2n) is 8.78. The smallest absolute Gasteiger partial charge is 0.277 e. The summed E-state index contributed by atoms with van der Waals surface area (Å²) in [6.45, 7) is 2.03. The topological polar surface area (TPSA) is 68.0 Å². The van der Waals surface area contributed by atoms with Crippen molar-refractivity contribution in [1.82, 2.24) is 15.5 Å². The maximum atomic E-state index is 12.6. The average molecular weight is 384 g/mol. The highest BCUT2D eigenvalue weighted by Crippen LogP contribution is 2.55. The zero-order valence-electron chi connectivity index (χ0n) is 15.6. The molecule has 6 rings (SSSR count). The minimum Gasteiger partial charge on any atom is -0.411 e. The van der Waals surface area contributed by atoms with E-state index in [0.717, 1.165) is 28.9 Å². The van der Waals surface area contributed by atoms with Gasteiger partial charge in [0, 0.05) is 11.1 Å². The van der Waals surface area contributed by atoms with Crippen LogP contribution in [-0.2, 0) is 4.79 Å². The standard InChI is InChI=1S/C21H25N3O2S/c1-13-3-2-4-17(5-13)19-23-24-20(26-19)27-12-18(25)22-21-9-14-6-15(10-21)8-16(7-14)11-21/h2-5,14-16H,6-12H2,1H3,(H,22,25). The number of hydrogen-bond acceptors (Lipinski definition) is 5. The van der Waals surface area contributed by atoms with Crippen LogP contribution in [0.5, 0.6) is 0 Å². The lowest BCUT2D eigenvalue weighted by Crippen LogP contribution is -2.60. The predicted octanol–water partition coefficient (Wildman–Crippen LogP) is 4.22. The lowest BCUT2D eigenvalue weighted by atomic mass is 9.53. The third kappa shape index (κ3) is 3.51. The van der Waals surface area contributed by atoms with Crippen LogP contribution in [-0.4, -0.2) is 27.4 Å². The van der Waals surface area contributed by atoms with E-state index in [1.54, 1.807) is 0 Å². The maximum absolute atomic E-state index is 12.6. The molecule has 1 N–H and O–H groups in total. The summed E-state index contributed by atoms with van der Waals surface area (Å²) < 4.78 is 5.73. The molecular weight excluding hydrogens is 358 g/mol. The van der Waals surface area contributed by atoms with Gasteiger partial charge in [-0.3, -0.25) is 4.79 Å². The molecule has 0 spiro atoms. The molecule has 1 amide bonds. The van der Waals surface area contributed by atoms with E-state index in [1.165, 1.54) is 50.3 Å². The number of rotatable bonds is 5. The fourth-order valence-corrected chi connectivity index (χ4v) is 6.45. The van der Waals surface area contributed by atoms with E-state index in [2.05, 4.69) is 15.5 Å². The van der Waals surface area contributed by atoms with Crippen molar-refractivity contribution in [2.24, 2.45) is 17.8 Å². The van der Waals surface area contributed by atoms with Crippen LogP contribution in [0.3, 0.4) is 0 Å². The molecule has 4 saturated carbocycles. The molecule has 1 heterocycles. The first-order valence-corrected chi connectivity index (χ1v) is 10.9. The Kier molecular flexibility index (Phi) is 4.26. The van der Waals surface area contributed by atoms with Gasteiger partial charge in [-0.2, -0.15) is 0 Å². The molecule has 2 aromatic rings. The van der Waals surface area contributed by atoms with Gasteiger partial charge in [-0.05, 0) is 75.3 Å². The largest absolute Gasteiger partial charge is 0.411 e. The fraction of sp³-hybridized carbons (Fsp3) is 0.571. The highest BCUT2D eigenvalue weighted by atomic mass is 32.2. The van der Waals surface area contributed by atoms with Crippen molar-refractivity contribution in [2.75, 3.05) is 5.75 Å². The van der Waals surface area contributed by atoms with Gasteiger partial charge >= 0.3 is 0 Å². The fourth-order valence-electron chi connectivity index (χ4n) is 5.89. The Morgan fingerprint density at radius 3 is 2.56 bits per heavy atom. The third-order valence-electron chi connectivity index (χ3n) is 6.44. The number of thioether (sulfide) groups is 1. The van der Waals surface area contributed by atoms with Crippen LogP contribution in [0.4, 0.5) is 0 Å². The molecule has 4 bridgehead atoms. The van der Waals surface area contributed by atoms with E-state index < -0.39 is 0 Å². The molecule has 0 saturated heterocycles. The lowest BCUT2D eigenvalue weighted by Gasteiger charge is -2.56. The molecule has 4 fully saturated rings.